The quantitative estimate of drug-likeness (QED) is 0.713. The van der Waals surface area contributed by atoms with Crippen LogP contribution >= 0.6 is 12.2 Å². The SMILES string of the molecule is Fc1cccc(CCn2c(=S)[nH]c3ccc(F)c(F)c32)c1. The molecule has 2 nitrogen and oxygen atoms in total. The predicted octanol–water partition coefficient (Wildman–Crippen LogP) is 4.36. The highest BCUT2D eigenvalue weighted by molar-refractivity contribution is 7.71. The first-order valence-electron chi connectivity index (χ1n) is 6.37. The van der Waals surface area contributed by atoms with Crippen LogP contribution in [-0.2, 0) is 13.0 Å². The average Bonchev–Trinajstić information content (AvgIpc) is 2.77. The molecule has 108 valence electrons. The normalized spacial score (nSPS) is 11.2. The van der Waals surface area contributed by atoms with E-state index < -0.39 is 11.6 Å². The number of imidazole rings is 1. The number of benzene rings is 2. The number of nitrogens with zero attached hydrogens (tertiary/aromatic N) is 1. The highest BCUT2D eigenvalue weighted by atomic mass is 32.1. The van der Waals surface area contributed by atoms with Gasteiger partial charge in [-0.2, -0.15) is 0 Å². The van der Waals surface area contributed by atoms with Crippen LogP contribution in [0.3, 0.4) is 0 Å². The van der Waals surface area contributed by atoms with E-state index in [1.807, 2.05) is 0 Å². The second kappa shape index (κ2) is 5.37. The lowest BCUT2D eigenvalue weighted by molar-refractivity contribution is 0.510. The van der Waals surface area contributed by atoms with Crippen molar-refractivity contribution in [2.75, 3.05) is 0 Å². The van der Waals surface area contributed by atoms with Crippen molar-refractivity contribution in [3.8, 4) is 0 Å². The van der Waals surface area contributed by atoms with Gasteiger partial charge in [-0.05, 0) is 48.5 Å². The molecule has 0 saturated heterocycles. The van der Waals surface area contributed by atoms with E-state index in [0.717, 1.165) is 11.6 Å². The molecule has 6 heteroatoms. The summed E-state index contributed by atoms with van der Waals surface area (Å²) in [5, 5.41) is 0. The molecule has 3 aromatic rings. The topological polar surface area (TPSA) is 20.7 Å². The van der Waals surface area contributed by atoms with Crippen molar-refractivity contribution in [1.29, 1.82) is 0 Å². The number of rotatable bonds is 3. The largest absolute Gasteiger partial charge is 0.330 e. The monoisotopic (exact) mass is 308 g/mol. The zero-order valence-electron chi connectivity index (χ0n) is 10.9. The molecule has 1 N–H and O–H groups in total. The van der Waals surface area contributed by atoms with E-state index in [-0.39, 0.29) is 11.3 Å². The number of hydrogen-bond acceptors (Lipinski definition) is 1. The van der Waals surface area contributed by atoms with Gasteiger partial charge in [0.05, 0.1) is 5.52 Å². The lowest BCUT2D eigenvalue weighted by Gasteiger charge is -2.06. The molecule has 0 spiro atoms. The molecule has 3 rings (SSSR count). The smallest absolute Gasteiger partial charge is 0.184 e. The van der Waals surface area contributed by atoms with Crippen LogP contribution in [0, 0.1) is 22.2 Å². The van der Waals surface area contributed by atoms with Gasteiger partial charge in [0, 0.05) is 6.54 Å². The minimum absolute atomic E-state index is 0.108. The van der Waals surface area contributed by atoms with Crippen molar-refractivity contribution in [2.24, 2.45) is 0 Å². The molecule has 0 amide bonds. The number of halogens is 3. The summed E-state index contributed by atoms with van der Waals surface area (Å²) in [6.45, 7) is 0.336. The molecule has 2 aromatic carbocycles. The lowest BCUT2D eigenvalue weighted by atomic mass is 10.1. The Morgan fingerprint density at radius 2 is 1.90 bits per heavy atom. The van der Waals surface area contributed by atoms with E-state index in [1.54, 1.807) is 12.1 Å². The Bertz CT molecular complexity index is 867. The number of aromatic nitrogens is 2. The van der Waals surface area contributed by atoms with Crippen LogP contribution in [0.25, 0.3) is 11.0 Å². The summed E-state index contributed by atoms with van der Waals surface area (Å²) in [5.41, 5.74) is 1.32. The predicted molar refractivity (Wildman–Crippen MR) is 77.1 cm³/mol. The van der Waals surface area contributed by atoms with E-state index in [1.165, 1.54) is 22.8 Å². The van der Waals surface area contributed by atoms with E-state index in [2.05, 4.69) is 4.98 Å². The number of aryl methyl sites for hydroxylation is 2. The van der Waals surface area contributed by atoms with Gasteiger partial charge in [-0.3, -0.25) is 0 Å². The Kier molecular flexibility index (Phi) is 3.55. The summed E-state index contributed by atoms with van der Waals surface area (Å²) < 4.78 is 42.3. The molecule has 0 saturated carbocycles. The summed E-state index contributed by atoms with van der Waals surface area (Å²) in [4.78, 5) is 2.84. The first-order chi connectivity index (χ1) is 10.1. The summed E-state index contributed by atoms with van der Waals surface area (Å²) in [6, 6.07) is 8.66. The maximum atomic E-state index is 13.9. The fourth-order valence-corrected chi connectivity index (χ4v) is 2.63. The van der Waals surface area contributed by atoms with Crippen molar-refractivity contribution in [2.45, 2.75) is 13.0 Å². The maximum Gasteiger partial charge on any atom is 0.184 e. The van der Waals surface area contributed by atoms with Gasteiger partial charge in [0.25, 0.3) is 0 Å². The molecule has 0 aliphatic heterocycles. The fraction of sp³-hybridized carbons (Fsp3) is 0.133. The van der Waals surface area contributed by atoms with Crippen molar-refractivity contribution in [3.05, 3.63) is 64.2 Å². The molecule has 0 unspecified atom stereocenters. The second-order valence-corrected chi connectivity index (χ2v) is 5.11. The van der Waals surface area contributed by atoms with Gasteiger partial charge < -0.3 is 9.55 Å². The number of H-pyrrole nitrogens is 1. The number of fused-ring (bicyclic) bond motifs is 1. The Hall–Kier alpha value is -2.08. The summed E-state index contributed by atoms with van der Waals surface area (Å²) in [5.74, 6) is -2.18. The molecule has 0 aliphatic carbocycles. The number of aromatic amines is 1. The highest BCUT2D eigenvalue weighted by Crippen LogP contribution is 2.21. The van der Waals surface area contributed by atoms with Gasteiger partial charge in [0.15, 0.2) is 16.4 Å². The van der Waals surface area contributed by atoms with Gasteiger partial charge in [0.1, 0.15) is 11.3 Å². The third-order valence-corrected chi connectivity index (χ3v) is 3.66. The van der Waals surface area contributed by atoms with E-state index >= 15 is 0 Å². The van der Waals surface area contributed by atoms with Crippen LogP contribution in [0.15, 0.2) is 36.4 Å². The Labute approximate surface area is 123 Å². The molecule has 0 atom stereocenters. The Morgan fingerprint density at radius 1 is 1.10 bits per heavy atom. The first-order valence-corrected chi connectivity index (χ1v) is 6.78. The summed E-state index contributed by atoms with van der Waals surface area (Å²) >= 11 is 5.14. The van der Waals surface area contributed by atoms with Crippen LogP contribution in [-0.4, -0.2) is 9.55 Å². The second-order valence-electron chi connectivity index (χ2n) is 4.72. The third kappa shape index (κ3) is 2.58. The molecule has 21 heavy (non-hydrogen) atoms. The van der Waals surface area contributed by atoms with Crippen LogP contribution in [0.4, 0.5) is 13.2 Å². The molecule has 0 bridgehead atoms. The zero-order chi connectivity index (χ0) is 15.0. The van der Waals surface area contributed by atoms with E-state index in [9.17, 15) is 13.2 Å². The summed E-state index contributed by atoms with van der Waals surface area (Å²) in [6.07, 6.45) is 0.467. The molecule has 1 heterocycles. The van der Waals surface area contributed by atoms with Crippen molar-refractivity contribution < 1.29 is 13.2 Å². The van der Waals surface area contributed by atoms with Crippen molar-refractivity contribution >= 4 is 23.3 Å². The van der Waals surface area contributed by atoms with Gasteiger partial charge >= 0.3 is 0 Å². The molecular weight excluding hydrogens is 297 g/mol. The van der Waals surface area contributed by atoms with Crippen molar-refractivity contribution in [3.63, 3.8) is 0 Å². The number of hydrogen-bond donors (Lipinski definition) is 1. The van der Waals surface area contributed by atoms with Gasteiger partial charge in [0.2, 0.25) is 0 Å². The fourth-order valence-electron chi connectivity index (χ4n) is 2.34. The highest BCUT2D eigenvalue weighted by Gasteiger charge is 2.13. The van der Waals surface area contributed by atoms with Crippen LogP contribution in [0.2, 0.25) is 0 Å². The van der Waals surface area contributed by atoms with E-state index in [0.29, 0.717) is 23.3 Å². The molecule has 0 aliphatic rings. The maximum absolute atomic E-state index is 13.9. The van der Waals surface area contributed by atoms with Crippen molar-refractivity contribution in [1.82, 2.24) is 9.55 Å². The zero-order valence-corrected chi connectivity index (χ0v) is 11.7. The van der Waals surface area contributed by atoms with Crippen LogP contribution < -0.4 is 0 Å². The molecule has 0 fully saturated rings. The third-order valence-electron chi connectivity index (χ3n) is 3.34. The lowest BCUT2D eigenvalue weighted by Crippen LogP contribution is -2.03. The minimum Gasteiger partial charge on any atom is -0.330 e. The Balaban J connectivity index is 1.99. The molecule has 1 aromatic heterocycles. The van der Waals surface area contributed by atoms with Gasteiger partial charge in [-0.25, -0.2) is 13.2 Å². The van der Waals surface area contributed by atoms with Gasteiger partial charge in [-0.15, -0.1) is 0 Å². The van der Waals surface area contributed by atoms with Crippen LogP contribution in [0.5, 0.6) is 0 Å². The number of nitrogens with one attached hydrogen (secondary N) is 1. The molecular formula is C15H11F3N2S. The van der Waals surface area contributed by atoms with Crippen LogP contribution in [0.1, 0.15) is 5.56 Å². The van der Waals surface area contributed by atoms with E-state index in [4.69, 9.17) is 12.2 Å². The van der Waals surface area contributed by atoms with Gasteiger partial charge in [-0.1, -0.05) is 12.1 Å². The first kappa shape index (κ1) is 13.9. The summed E-state index contributed by atoms with van der Waals surface area (Å²) in [7, 11) is 0. The minimum atomic E-state index is -0.931. The standard InChI is InChI=1S/C15H11F3N2S/c16-10-3-1-2-9(8-10)6-7-20-14-12(19-15(20)21)5-4-11(17)13(14)18/h1-5,8H,6-7H2,(H,19,21). The Morgan fingerprint density at radius 3 is 2.67 bits per heavy atom. The molecule has 0 radical (unpaired) electrons. The average molecular weight is 308 g/mol.